The average molecular weight is 370 g/mol. The van der Waals surface area contributed by atoms with Crippen molar-refractivity contribution >= 4 is 22.8 Å². The first-order valence-electron chi connectivity index (χ1n) is 7.52. The van der Waals surface area contributed by atoms with Gasteiger partial charge in [0.05, 0.1) is 23.7 Å². The summed E-state index contributed by atoms with van der Waals surface area (Å²) in [4.78, 5) is 28.2. The lowest BCUT2D eigenvalue weighted by atomic mass is 10.1. The van der Waals surface area contributed by atoms with Gasteiger partial charge in [0.1, 0.15) is 16.4 Å². The van der Waals surface area contributed by atoms with Crippen LogP contribution in [0.2, 0.25) is 0 Å². The second-order valence-corrected chi connectivity index (χ2v) is 6.47. The zero-order valence-electron chi connectivity index (χ0n) is 13.4. The van der Waals surface area contributed by atoms with E-state index in [-0.39, 0.29) is 15.7 Å². The molecule has 0 saturated carbocycles. The molecule has 1 amide bonds. The van der Waals surface area contributed by atoms with Crippen LogP contribution in [0.4, 0.5) is 4.39 Å². The highest BCUT2D eigenvalue weighted by atomic mass is 32.1. The topological polar surface area (TPSA) is 80.9 Å². The quantitative estimate of drug-likeness (QED) is 0.749. The molecule has 2 aromatic carbocycles. The number of halogens is 1. The number of nitrogens with zero attached hydrogens (tertiary/aromatic N) is 2. The maximum Gasteiger partial charge on any atom is 0.315 e. The lowest BCUT2D eigenvalue weighted by Crippen LogP contribution is -2.23. The van der Waals surface area contributed by atoms with E-state index in [1.165, 1.54) is 25.3 Å². The van der Waals surface area contributed by atoms with Gasteiger partial charge in [-0.1, -0.05) is 17.4 Å². The van der Waals surface area contributed by atoms with Crippen molar-refractivity contribution in [1.29, 1.82) is 0 Å². The SMILES string of the molecule is COc1cccc(-n2c(O)c(C3=c4cc(F)ccc4=NC3=O)sc2=O)c1. The van der Waals surface area contributed by atoms with Crippen molar-refractivity contribution in [2.45, 2.75) is 0 Å². The number of aromatic hydroxyl groups is 1. The smallest absolute Gasteiger partial charge is 0.315 e. The van der Waals surface area contributed by atoms with Gasteiger partial charge in [0, 0.05) is 11.3 Å². The molecule has 8 heteroatoms. The molecule has 0 fully saturated rings. The molecule has 1 aliphatic rings. The van der Waals surface area contributed by atoms with Crippen LogP contribution in [0.15, 0.2) is 52.3 Å². The number of carbonyl (C=O) groups excluding carboxylic acids is 1. The Hall–Kier alpha value is -3.26. The van der Waals surface area contributed by atoms with Crippen molar-refractivity contribution in [2.24, 2.45) is 4.99 Å². The summed E-state index contributed by atoms with van der Waals surface area (Å²) in [6.45, 7) is 0. The molecular formula is C18H11FN2O4S. The van der Waals surface area contributed by atoms with Crippen molar-refractivity contribution in [3.63, 3.8) is 0 Å². The zero-order valence-corrected chi connectivity index (χ0v) is 14.2. The van der Waals surface area contributed by atoms with E-state index in [0.717, 1.165) is 4.57 Å². The number of fused-ring (bicyclic) bond motifs is 1. The maximum absolute atomic E-state index is 13.6. The van der Waals surface area contributed by atoms with Crippen LogP contribution in [0.1, 0.15) is 4.88 Å². The van der Waals surface area contributed by atoms with Gasteiger partial charge in [0.15, 0.2) is 0 Å². The van der Waals surface area contributed by atoms with Crippen LogP contribution >= 0.6 is 11.3 Å². The van der Waals surface area contributed by atoms with Gasteiger partial charge in [0.2, 0.25) is 5.88 Å². The summed E-state index contributed by atoms with van der Waals surface area (Å²) < 4.78 is 19.8. The maximum atomic E-state index is 13.6. The Bertz CT molecular complexity index is 1240. The molecule has 1 aliphatic heterocycles. The third-order valence-electron chi connectivity index (χ3n) is 3.99. The largest absolute Gasteiger partial charge is 0.497 e. The van der Waals surface area contributed by atoms with Crippen molar-refractivity contribution in [2.75, 3.05) is 7.11 Å². The summed E-state index contributed by atoms with van der Waals surface area (Å²) in [6, 6.07) is 10.3. The Balaban J connectivity index is 1.99. The third kappa shape index (κ3) is 2.42. The first-order chi connectivity index (χ1) is 12.5. The van der Waals surface area contributed by atoms with Crippen molar-refractivity contribution in [3.05, 3.63) is 73.4 Å². The molecule has 130 valence electrons. The summed E-state index contributed by atoms with van der Waals surface area (Å²) in [5.74, 6) is -1.05. The van der Waals surface area contributed by atoms with Crippen molar-refractivity contribution in [3.8, 4) is 17.3 Å². The molecule has 0 atom stereocenters. The molecule has 1 N–H and O–H groups in total. The molecule has 3 aromatic rings. The number of amides is 1. The summed E-state index contributed by atoms with van der Waals surface area (Å²) in [5.41, 5.74) is 0.401. The highest BCUT2D eigenvalue weighted by molar-refractivity contribution is 7.11. The van der Waals surface area contributed by atoms with Gasteiger partial charge in [-0.15, -0.1) is 0 Å². The fraction of sp³-hybridized carbons (Fsp3) is 0.0556. The summed E-state index contributed by atoms with van der Waals surface area (Å²) in [7, 11) is 1.49. The van der Waals surface area contributed by atoms with Gasteiger partial charge in [-0.3, -0.25) is 9.59 Å². The highest BCUT2D eigenvalue weighted by Crippen LogP contribution is 2.31. The fourth-order valence-corrected chi connectivity index (χ4v) is 3.75. The van der Waals surface area contributed by atoms with Gasteiger partial charge in [0.25, 0.3) is 5.91 Å². The molecule has 0 spiro atoms. The van der Waals surface area contributed by atoms with Gasteiger partial charge < -0.3 is 9.84 Å². The molecule has 0 radical (unpaired) electrons. The molecule has 0 aliphatic carbocycles. The third-order valence-corrected chi connectivity index (χ3v) is 4.94. The predicted molar refractivity (Wildman–Crippen MR) is 92.8 cm³/mol. The average Bonchev–Trinajstić information content (AvgIpc) is 3.09. The number of rotatable bonds is 3. The van der Waals surface area contributed by atoms with E-state index < -0.39 is 22.5 Å². The van der Waals surface area contributed by atoms with Crippen molar-refractivity contribution in [1.82, 2.24) is 4.57 Å². The van der Waals surface area contributed by atoms with Crippen LogP contribution in [-0.2, 0) is 4.79 Å². The second-order valence-electron chi connectivity index (χ2n) is 5.51. The van der Waals surface area contributed by atoms with E-state index in [0.29, 0.717) is 28.1 Å². The van der Waals surface area contributed by atoms with E-state index >= 15 is 0 Å². The van der Waals surface area contributed by atoms with Gasteiger partial charge in [-0.25, -0.2) is 13.9 Å². The number of hydrogen-bond donors (Lipinski definition) is 1. The van der Waals surface area contributed by atoms with Crippen LogP contribution in [0.5, 0.6) is 11.6 Å². The number of ether oxygens (including phenoxy) is 1. The zero-order chi connectivity index (χ0) is 18.4. The monoisotopic (exact) mass is 370 g/mol. The predicted octanol–water partition coefficient (Wildman–Crippen LogP) is 1.11. The molecule has 6 nitrogen and oxygen atoms in total. The van der Waals surface area contributed by atoms with Crippen LogP contribution in [0.25, 0.3) is 11.3 Å². The normalized spacial score (nSPS) is 12.8. The molecule has 0 bridgehead atoms. The minimum Gasteiger partial charge on any atom is -0.497 e. The van der Waals surface area contributed by atoms with E-state index in [9.17, 15) is 19.1 Å². The molecule has 1 aromatic heterocycles. The Morgan fingerprint density at radius 1 is 1.19 bits per heavy atom. The lowest BCUT2D eigenvalue weighted by molar-refractivity contribution is -0.112. The Morgan fingerprint density at radius 3 is 2.77 bits per heavy atom. The van der Waals surface area contributed by atoms with Gasteiger partial charge >= 0.3 is 4.87 Å². The van der Waals surface area contributed by atoms with E-state index in [1.54, 1.807) is 24.3 Å². The van der Waals surface area contributed by atoms with Crippen LogP contribution < -0.4 is 20.2 Å². The fourth-order valence-electron chi connectivity index (χ4n) is 2.81. The number of methoxy groups -OCH3 is 1. The minimum absolute atomic E-state index is 0.0146. The first-order valence-corrected chi connectivity index (χ1v) is 8.34. The van der Waals surface area contributed by atoms with Crippen molar-refractivity contribution < 1.29 is 19.0 Å². The Kier molecular flexibility index (Phi) is 3.69. The summed E-state index contributed by atoms with van der Waals surface area (Å²) in [6.07, 6.45) is 0. The Morgan fingerprint density at radius 2 is 2.00 bits per heavy atom. The minimum atomic E-state index is -0.625. The highest BCUT2D eigenvalue weighted by Gasteiger charge is 2.27. The molecule has 0 saturated heterocycles. The van der Waals surface area contributed by atoms with E-state index in [4.69, 9.17) is 4.74 Å². The Labute approximate surface area is 149 Å². The standard InChI is InChI=1S/C18H11FN2O4S/c1-25-11-4-2-3-10(8-11)21-17(23)15(26-18(21)24)14-12-7-9(19)5-6-13(12)20-16(14)22/h2-8,23H,1H3. The van der Waals surface area contributed by atoms with E-state index in [1.807, 2.05) is 0 Å². The number of aromatic nitrogens is 1. The summed E-state index contributed by atoms with van der Waals surface area (Å²) in [5, 5.41) is 11.2. The summed E-state index contributed by atoms with van der Waals surface area (Å²) >= 11 is 0.696. The number of hydrogen-bond acceptors (Lipinski definition) is 5. The molecule has 0 unspecified atom stereocenters. The first kappa shape index (κ1) is 16.2. The van der Waals surface area contributed by atoms with Gasteiger partial charge in [-0.05, 0) is 30.3 Å². The number of benzene rings is 2. The molecular weight excluding hydrogens is 359 g/mol. The molecule has 2 heterocycles. The van der Waals surface area contributed by atoms with Crippen LogP contribution in [0, 0.1) is 5.82 Å². The number of thiazole rings is 1. The molecule has 26 heavy (non-hydrogen) atoms. The molecule has 4 rings (SSSR count). The lowest BCUT2D eigenvalue weighted by Gasteiger charge is -2.06. The van der Waals surface area contributed by atoms with Gasteiger partial charge in [-0.2, -0.15) is 0 Å². The van der Waals surface area contributed by atoms with Crippen LogP contribution in [0.3, 0.4) is 0 Å². The second kappa shape index (κ2) is 5.92. The van der Waals surface area contributed by atoms with Crippen LogP contribution in [-0.4, -0.2) is 22.7 Å². The number of carbonyl (C=O) groups is 1. The van der Waals surface area contributed by atoms with E-state index in [2.05, 4.69) is 4.99 Å².